The van der Waals surface area contributed by atoms with Gasteiger partial charge < -0.3 is 10.6 Å². The molecule has 108 valence electrons. The first-order valence-electron chi connectivity index (χ1n) is 7.18. The average molecular weight is 290 g/mol. The molecule has 0 amide bonds. The van der Waals surface area contributed by atoms with E-state index in [2.05, 4.69) is 58.9 Å². The summed E-state index contributed by atoms with van der Waals surface area (Å²) in [5.41, 5.74) is 0. The summed E-state index contributed by atoms with van der Waals surface area (Å²) in [6.45, 7) is 7.19. The van der Waals surface area contributed by atoms with Crippen molar-refractivity contribution in [2.24, 2.45) is 0 Å². The van der Waals surface area contributed by atoms with Gasteiger partial charge in [-0.1, -0.05) is 19.9 Å². The Morgan fingerprint density at radius 1 is 1.20 bits per heavy atom. The summed E-state index contributed by atoms with van der Waals surface area (Å²) < 4.78 is 0. The molecule has 1 atom stereocenters. The lowest BCUT2D eigenvalue weighted by molar-refractivity contribution is 0.755. The molecule has 0 saturated carbocycles. The third-order valence-corrected chi connectivity index (χ3v) is 4.05. The zero-order chi connectivity index (χ0) is 14.4. The molecule has 2 heterocycles. The van der Waals surface area contributed by atoms with Crippen molar-refractivity contribution in [1.29, 1.82) is 0 Å². The summed E-state index contributed by atoms with van der Waals surface area (Å²) in [5, 5.41) is 8.90. The Balaban J connectivity index is 2.20. The quantitative estimate of drug-likeness (QED) is 0.806. The number of thiophene rings is 1. The number of aryl methyl sites for hydroxylation is 1. The maximum Gasteiger partial charge on any atom is 0.132 e. The van der Waals surface area contributed by atoms with Crippen molar-refractivity contribution >= 4 is 23.0 Å². The van der Waals surface area contributed by atoms with Crippen LogP contribution in [0.5, 0.6) is 0 Å². The highest BCUT2D eigenvalue weighted by atomic mass is 32.1. The van der Waals surface area contributed by atoms with E-state index < -0.39 is 0 Å². The monoisotopic (exact) mass is 290 g/mol. The fraction of sp³-hybridized carbons (Fsp3) is 0.467. The number of anilines is 2. The number of hydrogen-bond acceptors (Lipinski definition) is 5. The Hall–Kier alpha value is -1.62. The van der Waals surface area contributed by atoms with E-state index in [9.17, 15) is 0 Å². The van der Waals surface area contributed by atoms with E-state index >= 15 is 0 Å². The summed E-state index contributed by atoms with van der Waals surface area (Å²) in [7, 11) is 0. The number of nitrogens with one attached hydrogen (secondary N) is 2. The number of aromatic nitrogens is 2. The molecule has 0 radical (unpaired) electrons. The molecular weight excluding hydrogens is 268 g/mol. The minimum absolute atomic E-state index is 0.309. The van der Waals surface area contributed by atoms with Gasteiger partial charge in [0.2, 0.25) is 0 Å². The smallest absolute Gasteiger partial charge is 0.132 e. The van der Waals surface area contributed by atoms with Crippen LogP contribution in [0.1, 0.15) is 43.9 Å². The molecule has 0 aliphatic carbocycles. The van der Waals surface area contributed by atoms with Crippen molar-refractivity contribution in [1.82, 2.24) is 9.97 Å². The fourth-order valence-corrected chi connectivity index (χ4v) is 2.90. The van der Waals surface area contributed by atoms with Crippen molar-refractivity contribution < 1.29 is 0 Å². The Labute approximate surface area is 124 Å². The first kappa shape index (κ1) is 14.8. The van der Waals surface area contributed by atoms with Crippen molar-refractivity contribution in [3.8, 4) is 0 Å². The van der Waals surface area contributed by atoms with Crippen LogP contribution in [0.3, 0.4) is 0 Å². The molecule has 0 aromatic carbocycles. The Kier molecular flexibility index (Phi) is 5.35. The van der Waals surface area contributed by atoms with Gasteiger partial charge in [0, 0.05) is 23.9 Å². The topological polar surface area (TPSA) is 49.8 Å². The second-order valence-electron chi connectivity index (χ2n) is 4.56. The highest BCUT2D eigenvalue weighted by Crippen LogP contribution is 2.26. The highest BCUT2D eigenvalue weighted by molar-refractivity contribution is 7.10. The summed E-state index contributed by atoms with van der Waals surface area (Å²) in [6.07, 6.45) is 1.87. The zero-order valence-corrected chi connectivity index (χ0v) is 13.1. The van der Waals surface area contributed by atoms with E-state index in [1.165, 1.54) is 4.88 Å². The van der Waals surface area contributed by atoms with Crippen LogP contribution in [-0.4, -0.2) is 16.5 Å². The van der Waals surface area contributed by atoms with E-state index in [1.54, 1.807) is 11.3 Å². The molecule has 20 heavy (non-hydrogen) atoms. The van der Waals surface area contributed by atoms with E-state index in [0.717, 1.165) is 36.8 Å². The Bertz CT molecular complexity index is 525. The fourth-order valence-electron chi connectivity index (χ4n) is 2.04. The molecule has 4 nitrogen and oxygen atoms in total. The summed E-state index contributed by atoms with van der Waals surface area (Å²) in [5.74, 6) is 2.66. The normalized spacial score (nSPS) is 12.2. The summed E-state index contributed by atoms with van der Waals surface area (Å²) >= 11 is 1.78. The molecule has 5 heteroatoms. The van der Waals surface area contributed by atoms with E-state index in [0.29, 0.717) is 6.04 Å². The maximum atomic E-state index is 4.57. The molecule has 1 unspecified atom stereocenters. The van der Waals surface area contributed by atoms with E-state index in [4.69, 9.17) is 0 Å². The van der Waals surface area contributed by atoms with Gasteiger partial charge in [0.25, 0.3) is 0 Å². The standard InChI is InChI=1S/C15H22N4S/c1-4-11(12-8-7-9-20-12)17-15-10-14(16-6-3)18-13(5-2)19-15/h7-11H,4-6H2,1-3H3,(H2,16,17,18,19). The molecule has 0 fully saturated rings. The molecule has 0 saturated heterocycles. The van der Waals surface area contributed by atoms with Crippen molar-refractivity contribution in [2.45, 2.75) is 39.7 Å². The van der Waals surface area contributed by atoms with Crippen LogP contribution in [0, 0.1) is 0 Å². The minimum Gasteiger partial charge on any atom is -0.370 e. The van der Waals surface area contributed by atoms with Gasteiger partial charge in [0.1, 0.15) is 17.5 Å². The van der Waals surface area contributed by atoms with Crippen LogP contribution in [0.4, 0.5) is 11.6 Å². The van der Waals surface area contributed by atoms with E-state index in [1.807, 2.05) is 6.07 Å². The van der Waals surface area contributed by atoms with Gasteiger partial charge in [-0.2, -0.15) is 0 Å². The van der Waals surface area contributed by atoms with E-state index in [-0.39, 0.29) is 0 Å². The van der Waals surface area contributed by atoms with Gasteiger partial charge in [0.05, 0.1) is 6.04 Å². The third-order valence-electron chi connectivity index (χ3n) is 3.06. The molecule has 2 aromatic heterocycles. The van der Waals surface area contributed by atoms with Crippen molar-refractivity contribution in [3.05, 3.63) is 34.3 Å². The summed E-state index contributed by atoms with van der Waals surface area (Å²) in [6, 6.07) is 6.55. The van der Waals surface area contributed by atoms with Crippen LogP contribution < -0.4 is 10.6 Å². The van der Waals surface area contributed by atoms with Crippen molar-refractivity contribution in [2.75, 3.05) is 17.2 Å². The molecule has 0 aliphatic rings. The minimum atomic E-state index is 0.309. The Morgan fingerprint density at radius 3 is 2.60 bits per heavy atom. The van der Waals surface area contributed by atoms with Gasteiger partial charge >= 0.3 is 0 Å². The SMILES string of the molecule is CCNc1cc(NC(CC)c2cccs2)nc(CC)n1. The van der Waals surface area contributed by atoms with Crippen LogP contribution in [-0.2, 0) is 6.42 Å². The maximum absolute atomic E-state index is 4.57. The molecule has 0 spiro atoms. The number of nitrogens with zero attached hydrogens (tertiary/aromatic N) is 2. The van der Waals surface area contributed by atoms with Gasteiger partial charge in [0.15, 0.2) is 0 Å². The first-order chi connectivity index (χ1) is 9.76. The molecular formula is C15H22N4S. The lowest BCUT2D eigenvalue weighted by Crippen LogP contribution is -2.12. The highest BCUT2D eigenvalue weighted by Gasteiger charge is 2.12. The van der Waals surface area contributed by atoms with Crippen LogP contribution in [0.2, 0.25) is 0 Å². The largest absolute Gasteiger partial charge is 0.370 e. The molecule has 2 N–H and O–H groups in total. The average Bonchev–Trinajstić information content (AvgIpc) is 2.99. The second kappa shape index (κ2) is 7.24. The van der Waals surface area contributed by atoms with Crippen LogP contribution in [0.25, 0.3) is 0 Å². The van der Waals surface area contributed by atoms with Crippen molar-refractivity contribution in [3.63, 3.8) is 0 Å². The molecule has 2 rings (SSSR count). The zero-order valence-electron chi connectivity index (χ0n) is 12.3. The Morgan fingerprint density at radius 2 is 2.00 bits per heavy atom. The predicted molar refractivity (Wildman–Crippen MR) is 86.5 cm³/mol. The molecule has 0 bridgehead atoms. The van der Waals surface area contributed by atoms with Gasteiger partial charge in [-0.05, 0) is 24.8 Å². The van der Waals surface area contributed by atoms with Gasteiger partial charge in [-0.15, -0.1) is 11.3 Å². The van der Waals surface area contributed by atoms with Crippen LogP contribution >= 0.6 is 11.3 Å². The van der Waals surface area contributed by atoms with Crippen LogP contribution in [0.15, 0.2) is 23.6 Å². The van der Waals surface area contributed by atoms with Gasteiger partial charge in [-0.25, -0.2) is 9.97 Å². The third kappa shape index (κ3) is 3.70. The first-order valence-corrected chi connectivity index (χ1v) is 8.06. The predicted octanol–water partition coefficient (Wildman–Crippen LogP) is 4.10. The molecule has 0 aliphatic heterocycles. The lowest BCUT2D eigenvalue weighted by Gasteiger charge is -2.17. The second-order valence-corrected chi connectivity index (χ2v) is 5.54. The number of rotatable bonds is 7. The van der Waals surface area contributed by atoms with Gasteiger partial charge in [-0.3, -0.25) is 0 Å². The molecule has 2 aromatic rings. The summed E-state index contributed by atoms with van der Waals surface area (Å²) in [4.78, 5) is 10.4. The number of hydrogen-bond donors (Lipinski definition) is 2. The lowest BCUT2D eigenvalue weighted by atomic mass is 10.2.